The van der Waals surface area contributed by atoms with Crippen LogP contribution in [-0.2, 0) is 0 Å². The Labute approximate surface area is 119 Å². The van der Waals surface area contributed by atoms with Gasteiger partial charge in [-0.1, -0.05) is 20.8 Å². The van der Waals surface area contributed by atoms with Gasteiger partial charge in [0, 0.05) is 12.1 Å². The third kappa shape index (κ3) is 4.75. The molecule has 0 aromatic carbocycles. The molecule has 19 heavy (non-hydrogen) atoms. The number of hydrogen-bond acceptors (Lipinski definition) is 2. The molecule has 2 rings (SSSR count). The largest absolute Gasteiger partial charge is 0.328 e. The molecule has 2 heteroatoms. The minimum absolute atomic E-state index is 0.472. The van der Waals surface area contributed by atoms with Crippen molar-refractivity contribution < 1.29 is 0 Å². The lowest BCUT2D eigenvalue weighted by molar-refractivity contribution is 0.146. The van der Waals surface area contributed by atoms with E-state index >= 15 is 0 Å². The molecule has 2 aliphatic carbocycles. The van der Waals surface area contributed by atoms with Gasteiger partial charge >= 0.3 is 0 Å². The Morgan fingerprint density at radius 3 is 2.00 bits per heavy atom. The third-order valence-corrected chi connectivity index (χ3v) is 5.54. The van der Waals surface area contributed by atoms with E-state index in [4.69, 9.17) is 5.73 Å². The maximum atomic E-state index is 5.96. The van der Waals surface area contributed by atoms with Gasteiger partial charge in [0.15, 0.2) is 0 Å². The Morgan fingerprint density at radius 1 is 0.895 bits per heavy atom. The summed E-state index contributed by atoms with van der Waals surface area (Å²) in [6.07, 6.45) is 10.7. The summed E-state index contributed by atoms with van der Waals surface area (Å²) in [6, 6.07) is 1.22. The van der Waals surface area contributed by atoms with Crippen LogP contribution < -0.4 is 11.1 Å². The molecule has 2 fully saturated rings. The van der Waals surface area contributed by atoms with Crippen molar-refractivity contribution in [3.8, 4) is 0 Å². The fourth-order valence-electron chi connectivity index (χ4n) is 3.89. The highest BCUT2D eigenvalue weighted by atomic mass is 14.9. The second-order valence-electron chi connectivity index (χ2n) is 8.10. The van der Waals surface area contributed by atoms with Gasteiger partial charge in [-0.3, -0.25) is 0 Å². The fourth-order valence-corrected chi connectivity index (χ4v) is 3.89. The zero-order valence-electron chi connectivity index (χ0n) is 13.3. The summed E-state index contributed by atoms with van der Waals surface area (Å²) >= 11 is 0. The van der Waals surface area contributed by atoms with Gasteiger partial charge < -0.3 is 11.1 Å². The minimum atomic E-state index is 0.472. The minimum Gasteiger partial charge on any atom is -0.328 e. The molecule has 2 aliphatic rings. The van der Waals surface area contributed by atoms with E-state index in [0.717, 1.165) is 17.9 Å². The number of hydrogen-bond donors (Lipinski definition) is 2. The topological polar surface area (TPSA) is 38.0 Å². The highest BCUT2D eigenvalue weighted by molar-refractivity contribution is 4.83. The lowest BCUT2D eigenvalue weighted by atomic mass is 9.70. The van der Waals surface area contributed by atoms with Crippen molar-refractivity contribution in [2.45, 2.75) is 84.2 Å². The summed E-state index contributed by atoms with van der Waals surface area (Å²) in [5.41, 5.74) is 6.48. The molecule has 112 valence electrons. The van der Waals surface area contributed by atoms with Gasteiger partial charge in [-0.15, -0.1) is 0 Å². The van der Waals surface area contributed by atoms with E-state index in [1.54, 1.807) is 0 Å². The molecule has 0 atom stereocenters. The second kappa shape index (κ2) is 6.58. The molecule has 0 unspecified atom stereocenters. The Bertz CT molecular complexity index is 253. The molecule has 0 bridgehead atoms. The van der Waals surface area contributed by atoms with Crippen LogP contribution in [0.15, 0.2) is 0 Å². The summed E-state index contributed by atoms with van der Waals surface area (Å²) in [7, 11) is 0. The predicted molar refractivity (Wildman–Crippen MR) is 83.1 cm³/mol. The van der Waals surface area contributed by atoms with Gasteiger partial charge in [-0.2, -0.15) is 0 Å². The van der Waals surface area contributed by atoms with Gasteiger partial charge in [0.2, 0.25) is 0 Å². The van der Waals surface area contributed by atoms with E-state index < -0.39 is 0 Å². The molecule has 2 nitrogen and oxygen atoms in total. The molecular formula is C17H34N2. The SMILES string of the molecule is CC(C)(C)C1CCC(CNC2CCC(N)CC2)CC1. The summed E-state index contributed by atoms with van der Waals surface area (Å²) in [5.74, 6) is 1.87. The smallest absolute Gasteiger partial charge is 0.00683 e. The van der Waals surface area contributed by atoms with Gasteiger partial charge in [0.05, 0.1) is 0 Å². The first-order chi connectivity index (χ1) is 8.95. The van der Waals surface area contributed by atoms with Crippen molar-refractivity contribution in [2.75, 3.05) is 6.54 Å². The molecule has 0 spiro atoms. The lowest BCUT2D eigenvalue weighted by Crippen LogP contribution is -2.40. The van der Waals surface area contributed by atoms with Crippen LogP contribution in [0.2, 0.25) is 0 Å². The Hall–Kier alpha value is -0.0800. The lowest BCUT2D eigenvalue weighted by Gasteiger charge is -2.37. The molecule has 0 aromatic heterocycles. The Morgan fingerprint density at radius 2 is 1.47 bits per heavy atom. The first-order valence-electron chi connectivity index (χ1n) is 8.44. The molecule has 0 amide bonds. The van der Waals surface area contributed by atoms with Crippen LogP contribution in [0.1, 0.15) is 72.1 Å². The highest BCUT2D eigenvalue weighted by Gasteiger charge is 2.29. The van der Waals surface area contributed by atoms with Crippen LogP contribution >= 0.6 is 0 Å². The van der Waals surface area contributed by atoms with Crippen LogP contribution in [0.25, 0.3) is 0 Å². The highest BCUT2D eigenvalue weighted by Crippen LogP contribution is 2.39. The van der Waals surface area contributed by atoms with Gasteiger partial charge in [0.25, 0.3) is 0 Å². The van der Waals surface area contributed by atoms with Gasteiger partial charge in [0.1, 0.15) is 0 Å². The van der Waals surface area contributed by atoms with Crippen LogP contribution in [0.4, 0.5) is 0 Å². The van der Waals surface area contributed by atoms with Gasteiger partial charge in [-0.25, -0.2) is 0 Å². The predicted octanol–water partition coefficient (Wildman–Crippen LogP) is 3.70. The zero-order chi connectivity index (χ0) is 13.9. The van der Waals surface area contributed by atoms with Crippen LogP contribution in [0.5, 0.6) is 0 Å². The summed E-state index contributed by atoms with van der Waals surface area (Å²) in [4.78, 5) is 0. The van der Waals surface area contributed by atoms with E-state index in [-0.39, 0.29) is 0 Å². The van der Waals surface area contributed by atoms with Crippen LogP contribution in [0, 0.1) is 17.3 Å². The van der Waals surface area contributed by atoms with E-state index in [1.165, 1.54) is 57.9 Å². The summed E-state index contributed by atoms with van der Waals surface area (Å²) in [5, 5.41) is 3.81. The number of rotatable bonds is 3. The molecule has 2 saturated carbocycles. The molecule has 0 heterocycles. The first-order valence-corrected chi connectivity index (χ1v) is 8.44. The van der Waals surface area contributed by atoms with E-state index in [2.05, 4.69) is 26.1 Å². The Kier molecular flexibility index (Phi) is 5.30. The molecule has 0 saturated heterocycles. The molecule has 0 aromatic rings. The van der Waals surface area contributed by atoms with Crippen molar-refractivity contribution in [1.82, 2.24) is 5.32 Å². The molecular weight excluding hydrogens is 232 g/mol. The van der Waals surface area contributed by atoms with E-state index in [1.807, 2.05) is 0 Å². The maximum Gasteiger partial charge on any atom is 0.00683 e. The average Bonchev–Trinajstić information content (AvgIpc) is 2.37. The van der Waals surface area contributed by atoms with Crippen molar-refractivity contribution >= 4 is 0 Å². The van der Waals surface area contributed by atoms with Crippen LogP contribution in [0.3, 0.4) is 0 Å². The van der Waals surface area contributed by atoms with Crippen molar-refractivity contribution in [1.29, 1.82) is 0 Å². The van der Waals surface area contributed by atoms with Crippen LogP contribution in [-0.4, -0.2) is 18.6 Å². The quantitative estimate of drug-likeness (QED) is 0.817. The monoisotopic (exact) mass is 266 g/mol. The zero-order valence-corrected chi connectivity index (χ0v) is 13.3. The Balaban J connectivity index is 1.63. The standard InChI is InChI=1S/C17H34N2/c1-17(2,3)14-6-4-13(5-7-14)12-19-16-10-8-15(18)9-11-16/h13-16,19H,4-12,18H2,1-3H3. The summed E-state index contributed by atoms with van der Waals surface area (Å²) in [6.45, 7) is 8.46. The van der Waals surface area contributed by atoms with E-state index in [9.17, 15) is 0 Å². The molecule has 3 N–H and O–H groups in total. The second-order valence-corrected chi connectivity index (χ2v) is 8.10. The molecule has 0 aliphatic heterocycles. The van der Waals surface area contributed by atoms with E-state index in [0.29, 0.717) is 11.5 Å². The van der Waals surface area contributed by atoms with Crippen molar-refractivity contribution in [3.63, 3.8) is 0 Å². The third-order valence-electron chi connectivity index (χ3n) is 5.54. The van der Waals surface area contributed by atoms with Gasteiger partial charge in [-0.05, 0) is 75.2 Å². The number of nitrogens with one attached hydrogen (secondary N) is 1. The number of nitrogens with two attached hydrogens (primary N) is 1. The fraction of sp³-hybridized carbons (Fsp3) is 1.00. The normalized spacial score (nSPS) is 37.3. The summed E-state index contributed by atoms with van der Waals surface area (Å²) < 4.78 is 0. The maximum absolute atomic E-state index is 5.96. The molecule has 0 radical (unpaired) electrons. The first kappa shape index (κ1) is 15.3. The average molecular weight is 266 g/mol. The van der Waals surface area contributed by atoms with Crippen molar-refractivity contribution in [2.24, 2.45) is 23.0 Å². The van der Waals surface area contributed by atoms with Crippen molar-refractivity contribution in [3.05, 3.63) is 0 Å².